The average Bonchev–Trinajstić information content (AvgIpc) is 2.28. The molecule has 0 saturated heterocycles. The van der Waals surface area contributed by atoms with Gasteiger partial charge in [-0.25, -0.2) is 0 Å². The molecule has 0 fully saturated rings. The molecule has 0 saturated carbocycles. The van der Waals surface area contributed by atoms with Crippen molar-refractivity contribution in [2.75, 3.05) is 0 Å². The van der Waals surface area contributed by atoms with Crippen LogP contribution in [0, 0.1) is 6.92 Å². The summed E-state index contributed by atoms with van der Waals surface area (Å²) in [6.45, 7) is 8.39. The van der Waals surface area contributed by atoms with Gasteiger partial charge in [0.15, 0.2) is 0 Å². The van der Waals surface area contributed by atoms with E-state index >= 15 is 0 Å². The molecular weight excluding hydrogens is 204 g/mol. The molecule has 0 N–H and O–H groups in total. The molecule has 0 heterocycles. The lowest BCUT2D eigenvalue weighted by Gasteiger charge is -2.18. The number of rotatable bonds is 0. The molecule has 0 nitrogen and oxygen atoms in total. The standard InChI is InChI=1S/C17H16/c1-11-4-6-16-13(3)17-7-5-12(2)9-15(17)10-14(16)8-11/h4-9H,1,10H2,2-3H3. The van der Waals surface area contributed by atoms with Crippen molar-refractivity contribution in [1.29, 1.82) is 0 Å². The SMILES string of the molecule is C=c1ccc2c(c1)Cc1cc(C)ccc1C=2C. The summed E-state index contributed by atoms with van der Waals surface area (Å²) >= 11 is 0. The molecule has 2 aromatic carbocycles. The first-order valence-corrected chi connectivity index (χ1v) is 6.04. The zero-order valence-electron chi connectivity index (χ0n) is 10.4. The van der Waals surface area contributed by atoms with Crippen molar-refractivity contribution in [2.45, 2.75) is 20.3 Å². The number of benzene rings is 2. The highest BCUT2D eigenvalue weighted by atomic mass is 14.2. The smallest absolute Gasteiger partial charge is 0.00134 e. The highest BCUT2D eigenvalue weighted by Crippen LogP contribution is 2.24. The summed E-state index contributed by atoms with van der Waals surface area (Å²) in [5.41, 5.74) is 6.99. The zero-order valence-corrected chi connectivity index (χ0v) is 10.4. The van der Waals surface area contributed by atoms with Gasteiger partial charge in [0.05, 0.1) is 0 Å². The van der Waals surface area contributed by atoms with Gasteiger partial charge >= 0.3 is 0 Å². The minimum atomic E-state index is 1.03. The van der Waals surface area contributed by atoms with E-state index in [1.165, 1.54) is 33.0 Å². The highest BCUT2D eigenvalue weighted by molar-refractivity contribution is 5.70. The number of hydrogen-bond acceptors (Lipinski definition) is 0. The van der Waals surface area contributed by atoms with Crippen LogP contribution >= 0.6 is 0 Å². The molecule has 2 aromatic rings. The number of aryl methyl sites for hydroxylation is 1. The second-order valence-electron chi connectivity index (χ2n) is 4.95. The Hall–Kier alpha value is -1.82. The first kappa shape index (κ1) is 10.3. The monoisotopic (exact) mass is 220 g/mol. The van der Waals surface area contributed by atoms with Crippen molar-refractivity contribution in [3.05, 3.63) is 69.1 Å². The fourth-order valence-corrected chi connectivity index (χ4v) is 2.74. The summed E-state index contributed by atoms with van der Waals surface area (Å²) in [7, 11) is 0. The van der Waals surface area contributed by atoms with Crippen molar-refractivity contribution in [3.8, 4) is 0 Å². The second kappa shape index (κ2) is 3.59. The third kappa shape index (κ3) is 1.61. The van der Waals surface area contributed by atoms with Gasteiger partial charge in [-0.1, -0.05) is 48.5 Å². The van der Waals surface area contributed by atoms with Crippen LogP contribution in [0.2, 0.25) is 0 Å². The molecule has 0 spiro atoms. The minimum absolute atomic E-state index is 1.03. The van der Waals surface area contributed by atoms with Gasteiger partial charge in [0, 0.05) is 0 Å². The quantitative estimate of drug-likeness (QED) is 0.640. The fraction of sp³-hybridized carbons (Fsp3) is 0.176. The van der Waals surface area contributed by atoms with Gasteiger partial charge in [0.2, 0.25) is 0 Å². The van der Waals surface area contributed by atoms with E-state index in [1.807, 2.05) is 0 Å². The first-order chi connectivity index (χ1) is 8.15. The summed E-state index contributed by atoms with van der Waals surface area (Å²) < 4.78 is 0. The molecule has 0 radical (unpaired) electrons. The Morgan fingerprint density at radius 2 is 1.76 bits per heavy atom. The van der Waals surface area contributed by atoms with Gasteiger partial charge < -0.3 is 0 Å². The van der Waals surface area contributed by atoms with Crippen LogP contribution in [0.1, 0.15) is 29.2 Å². The minimum Gasteiger partial charge on any atom is -0.0918 e. The lowest BCUT2D eigenvalue weighted by molar-refractivity contribution is 1.11. The summed E-state index contributed by atoms with van der Waals surface area (Å²) in [5.74, 6) is 0. The molecule has 3 rings (SSSR count). The van der Waals surface area contributed by atoms with E-state index in [4.69, 9.17) is 0 Å². The molecule has 1 aliphatic rings. The van der Waals surface area contributed by atoms with Crippen LogP contribution in [-0.4, -0.2) is 0 Å². The zero-order chi connectivity index (χ0) is 12.0. The summed E-state index contributed by atoms with van der Waals surface area (Å²) in [6, 6.07) is 13.3. The predicted molar refractivity (Wildman–Crippen MR) is 73.4 cm³/mol. The van der Waals surface area contributed by atoms with Crippen LogP contribution in [0.25, 0.3) is 12.2 Å². The maximum Gasteiger partial charge on any atom is -0.00134 e. The Balaban J connectivity index is 2.38. The predicted octanol–water partition coefficient (Wildman–Crippen LogP) is 2.53. The Morgan fingerprint density at radius 3 is 2.59 bits per heavy atom. The van der Waals surface area contributed by atoms with E-state index in [0.717, 1.165) is 11.6 Å². The Kier molecular flexibility index (Phi) is 2.19. The summed E-state index contributed by atoms with van der Waals surface area (Å²) in [5, 5.41) is 2.49. The van der Waals surface area contributed by atoms with Gasteiger partial charge in [0.25, 0.3) is 0 Å². The first-order valence-electron chi connectivity index (χ1n) is 6.04. The van der Waals surface area contributed by atoms with Gasteiger partial charge in [0.1, 0.15) is 0 Å². The molecule has 0 aromatic heterocycles. The number of hydrogen-bond donors (Lipinski definition) is 0. The summed E-state index contributed by atoms with van der Waals surface area (Å²) in [6.07, 6.45) is 1.03. The van der Waals surface area contributed by atoms with E-state index in [0.29, 0.717) is 0 Å². The van der Waals surface area contributed by atoms with Crippen molar-refractivity contribution in [2.24, 2.45) is 0 Å². The highest BCUT2D eigenvalue weighted by Gasteiger charge is 2.13. The van der Waals surface area contributed by atoms with Gasteiger partial charge in [-0.15, -0.1) is 0 Å². The van der Waals surface area contributed by atoms with Crippen LogP contribution in [0.3, 0.4) is 0 Å². The molecule has 0 aliphatic heterocycles. The molecule has 0 heteroatoms. The lowest BCUT2D eigenvalue weighted by atomic mass is 9.86. The molecule has 0 amide bonds. The van der Waals surface area contributed by atoms with Crippen molar-refractivity contribution < 1.29 is 0 Å². The van der Waals surface area contributed by atoms with E-state index < -0.39 is 0 Å². The Labute approximate surface area is 102 Å². The maximum atomic E-state index is 4.02. The van der Waals surface area contributed by atoms with E-state index in [1.54, 1.807) is 0 Å². The van der Waals surface area contributed by atoms with Crippen molar-refractivity contribution >= 4 is 12.2 Å². The third-order valence-electron chi connectivity index (χ3n) is 3.62. The average molecular weight is 220 g/mol. The van der Waals surface area contributed by atoms with E-state index in [2.05, 4.69) is 56.8 Å². The molecule has 84 valence electrons. The van der Waals surface area contributed by atoms with Crippen LogP contribution in [-0.2, 0) is 6.42 Å². The largest absolute Gasteiger partial charge is 0.0918 e. The molecule has 0 unspecified atom stereocenters. The number of fused-ring (bicyclic) bond motifs is 2. The molecule has 17 heavy (non-hydrogen) atoms. The fourth-order valence-electron chi connectivity index (χ4n) is 2.74. The topological polar surface area (TPSA) is 0 Å². The molecular formula is C17H16. The van der Waals surface area contributed by atoms with Crippen LogP contribution in [0.15, 0.2) is 36.4 Å². The third-order valence-corrected chi connectivity index (χ3v) is 3.62. The Bertz CT molecular complexity index is 705. The van der Waals surface area contributed by atoms with Gasteiger partial charge in [-0.05, 0) is 53.0 Å². The molecule has 0 bridgehead atoms. The maximum absolute atomic E-state index is 4.02. The molecule has 0 atom stereocenters. The van der Waals surface area contributed by atoms with Crippen LogP contribution in [0.5, 0.6) is 0 Å². The van der Waals surface area contributed by atoms with E-state index in [9.17, 15) is 0 Å². The van der Waals surface area contributed by atoms with Gasteiger partial charge in [-0.3, -0.25) is 0 Å². The van der Waals surface area contributed by atoms with E-state index in [-0.39, 0.29) is 0 Å². The Morgan fingerprint density at radius 1 is 0.941 bits per heavy atom. The lowest BCUT2D eigenvalue weighted by Crippen LogP contribution is -2.21. The summed E-state index contributed by atoms with van der Waals surface area (Å²) in [4.78, 5) is 0. The second-order valence-corrected chi connectivity index (χ2v) is 4.95. The van der Waals surface area contributed by atoms with Crippen LogP contribution in [0.4, 0.5) is 0 Å². The van der Waals surface area contributed by atoms with Crippen molar-refractivity contribution in [1.82, 2.24) is 0 Å². The van der Waals surface area contributed by atoms with Gasteiger partial charge in [-0.2, -0.15) is 0 Å². The molecule has 1 aliphatic carbocycles. The van der Waals surface area contributed by atoms with Crippen LogP contribution < -0.4 is 10.4 Å². The van der Waals surface area contributed by atoms with Crippen molar-refractivity contribution in [3.63, 3.8) is 0 Å². The normalized spacial score (nSPS) is 13.2.